The molecule has 0 saturated carbocycles. The number of amides is 1. The van der Waals surface area contributed by atoms with Gasteiger partial charge < -0.3 is 15.2 Å². The number of hydrogen-bond acceptors (Lipinski definition) is 4. The highest BCUT2D eigenvalue weighted by atomic mass is 16.5. The Morgan fingerprint density at radius 2 is 1.72 bits per heavy atom. The lowest BCUT2D eigenvalue weighted by molar-refractivity contribution is -0.112. The molecule has 0 radical (unpaired) electrons. The molecular weight excluding hydrogens is 404 g/mol. The number of carbonyl (C=O) groups is 2. The summed E-state index contributed by atoms with van der Waals surface area (Å²) in [5, 5.41) is 21.2. The van der Waals surface area contributed by atoms with Crippen molar-refractivity contribution >= 4 is 23.6 Å². The highest BCUT2D eigenvalue weighted by molar-refractivity contribution is 6.10. The van der Waals surface area contributed by atoms with E-state index in [2.05, 4.69) is 5.32 Å². The molecule has 0 saturated heterocycles. The first kappa shape index (κ1) is 22.3. The van der Waals surface area contributed by atoms with E-state index in [0.29, 0.717) is 17.0 Å². The summed E-state index contributed by atoms with van der Waals surface area (Å²) in [6.45, 7) is 4.16. The standard InChI is InChI=1S/C26H22N2O4/c1-17-4-3-5-24(18(17)2)28-25(29)22(15-27)14-19-8-12-23(13-9-19)32-16-20-6-10-21(11-7-20)26(30)31/h3-14H,16H2,1-2H3,(H,28,29)(H,30,31)/b22-14+. The Bertz CT molecular complexity index is 1200. The van der Waals surface area contributed by atoms with Gasteiger partial charge in [-0.15, -0.1) is 0 Å². The Labute approximate surface area is 186 Å². The van der Waals surface area contributed by atoms with Crippen LogP contribution in [0.4, 0.5) is 5.69 Å². The van der Waals surface area contributed by atoms with Crippen LogP contribution >= 0.6 is 0 Å². The van der Waals surface area contributed by atoms with Gasteiger partial charge in [0.05, 0.1) is 5.56 Å². The van der Waals surface area contributed by atoms with Crippen LogP contribution in [0.2, 0.25) is 0 Å². The Kier molecular flexibility index (Phi) is 7.04. The van der Waals surface area contributed by atoms with Crippen LogP contribution in [-0.4, -0.2) is 17.0 Å². The van der Waals surface area contributed by atoms with Crippen LogP contribution in [0, 0.1) is 25.2 Å². The third kappa shape index (κ3) is 5.61. The predicted octanol–water partition coefficient (Wildman–Crippen LogP) is 5.13. The molecule has 1 amide bonds. The molecule has 0 aromatic heterocycles. The minimum Gasteiger partial charge on any atom is -0.489 e. The number of aryl methyl sites for hydroxylation is 1. The lowest BCUT2D eigenvalue weighted by atomic mass is 10.1. The maximum absolute atomic E-state index is 12.5. The number of nitrogens with zero attached hydrogens (tertiary/aromatic N) is 1. The molecule has 3 aromatic carbocycles. The Morgan fingerprint density at radius 3 is 2.34 bits per heavy atom. The van der Waals surface area contributed by atoms with Crippen LogP contribution < -0.4 is 10.1 Å². The third-order valence-electron chi connectivity index (χ3n) is 5.02. The molecule has 0 spiro atoms. The van der Waals surface area contributed by atoms with Gasteiger partial charge in [-0.2, -0.15) is 5.26 Å². The summed E-state index contributed by atoms with van der Waals surface area (Å²) in [6.07, 6.45) is 1.52. The van der Waals surface area contributed by atoms with Gasteiger partial charge in [-0.25, -0.2) is 4.79 Å². The lowest BCUT2D eigenvalue weighted by Gasteiger charge is -2.10. The van der Waals surface area contributed by atoms with Gasteiger partial charge in [0.25, 0.3) is 5.91 Å². The van der Waals surface area contributed by atoms with E-state index in [1.54, 1.807) is 42.5 Å². The summed E-state index contributed by atoms with van der Waals surface area (Å²) in [5.74, 6) is -0.824. The van der Waals surface area contributed by atoms with Gasteiger partial charge in [0.1, 0.15) is 24.0 Å². The molecule has 6 heteroatoms. The van der Waals surface area contributed by atoms with Crippen LogP contribution in [0.15, 0.2) is 72.3 Å². The summed E-state index contributed by atoms with van der Waals surface area (Å²) in [4.78, 5) is 23.4. The topological polar surface area (TPSA) is 99.4 Å². The molecule has 6 nitrogen and oxygen atoms in total. The van der Waals surface area contributed by atoms with Crippen molar-refractivity contribution in [3.05, 3.63) is 100 Å². The zero-order valence-corrected chi connectivity index (χ0v) is 17.8. The van der Waals surface area contributed by atoms with Crippen LogP contribution in [-0.2, 0) is 11.4 Å². The monoisotopic (exact) mass is 426 g/mol. The van der Waals surface area contributed by atoms with Crippen molar-refractivity contribution in [3.8, 4) is 11.8 Å². The fourth-order valence-corrected chi connectivity index (χ4v) is 2.96. The van der Waals surface area contributed by atoms with Gasteiger partial charge in [0, 0.05) is 5.69 Å². The van der Waals surface area contributed by atoms with Gasteiger partial charge in [-0.05, 0) is 72.5 Å². The summed E-state index contributed by atoms with van der Waals surface area (Å²) in [5.41, 5.74) is 4.44. The highest BCUT2D eigenvalue weighted by Gasteiger charge is 2.11. The summed E-state index contributed by atoms with van der Waals surface area (Å²) >= 11 is 0. The fourth-order valence-electron chi connectivity index (χ4n) is 2.96. The van der Waals surface area contributed by atoms with Gasteiger partial charge in [0.2, 0.25) is 0 Å². The molecule has 0 aliphatic rings. The number of rotatable bonds is 7. The smallest absolute Gasteiger partial charge is 0.335 e. The number of anilines is 1. The number of hydrogen-bond donors (Lipinski definition) is 2. The molecule has 2 N–H and O–H groups in total. The minimum absolute atomic E-state index is 0.00176. The van der Waals surface area contributed by atoms with Crippen molar-refractivity contribution in [2.45, 2.75) is 20.5 Å². The molecular formula is C26H22N2O4. The highest BCUT2D eigenvalue weighted by Crippen LogP contribution is 2.20. The Hall–Kier alpha value is -4.37. The average molecular weight is 426 g/mol. The van der Waals surface area contributed by atoms with Gasteiger partial charge in [0.15, 0.2) is 0 Å². The van der Waals surface area contributed by atoms with Crippen molar-refractivity contribution in [2.75, 3.05) is 5.32 Å². The van der Waals surface area contributed by atoms with Gasteiger partial charge in [-0.3, -0.25) is 4.79 Å². The number of carboxylic acids is 1. The quantitative estimate of drug-likeness (QED) is 0.403. The predicted molar refractivity (Wildman–Crippen MR) is 122 cm³/mol. The van der Waals surface area contributed by atoms with Crippen molar-refractivity contribution in [1.82, 2.24) is 0 Å². The second-order valence-corrected chi connectivity index (χ2v) is 7.23. The largest absolute Gasteiger partial charge is 0.489 e. The molecule has 0 heterocycles. The van der Waals surface area contributed by atoms with Crippen LogP contribution in [0.3, 0.4) is 0 Å². The van der Waals surface area contributed by atoms with Gasteiger partial charge >= 0.3 is 5.97 Å². The second-order valence-electron chi connectivity index (χ2n) is 7.23. The number of aromatic carboxylic acids is 1. The molecule has 160 valence electrons. The number of carboxylic acid groups (broad SMARTS) is 1. The molecule has 3 aromatic rings. The van der Waals surface area contributed by atoms with Crippen molar-refractivity contribution in [1.29, 1.82) is 5.26 Å². The number of nitriles is 1. The Balaban J connectivity index is 1.64. The van der Waals surface area contributed by atoms with E-state index >= 15 is 0 Å². The zero-order valence-electron chi connectivity index (χ0n) is 17.8. The SMILES string of the molecule is Cc1cccc(NC(=O)/C(C#N)=C/c2ccc(OCc3ccc(C(=O)O)cc3)cc2)c1C. The van der Waals surface area contributed by atoms with Crippen LogP contribution in [0.25, 0.3) is 6.08 Å². The van der Waals surface area contributed by atoms with E-state index in [1.165, 1.54) is 18.2 Å². The normalized spacial score (nSPS) is 10.8. The number of nitrogens with one attached hydrogen (secondary N) is 1. The number of benzene rings is 3. The number of carbonyl (C=O) groups excluding carboxylic acids is 1. The van der Waals surface area contributed by atoms with E-state index in [1.807, 2.05) is 32.0 Å². The molecule has 0 bridgehead atoms. The molecule has 0 aliphatic carbocycles. The van der Waals surface area contributed by atoms with Crippen LogP contribution in [0.1, 0.15) is 32.6 Å². The van der Waals surface area contributed by atoms with Crippen molar-refractivity contribution in [2.24, 2.45) is 0 Å². The van der Waals surface area contributed by atoms with Crippen LogP contribution in [0.5, 0.6) is 5.75 Å². The summed E-state index contributed by atoms with van der Waals surface area (Å²) in [7, 11) is 0. The maximum atomic E-state index is 12.5. The molecule has 0 atom stereocenters. The minimum atomic E-state index is -0.972. The van der Waals surface area contributed by atoms with E-state index in [9.17, 15) is 14.9 Å². The zero-order chi connectivity index (χ0) is 23.1. The molecule has 0 aliphatic heterocycles. The first-order valence-electron chi connectivity index (χ1n) is 9.92. The number of ether oxygens (including phenoxy) is 1. The molecule has 0 fully saturated rings. The Morgan fingerprint density at radius 1 is 1.03 bits per heavy atom. The van der Waals surface area contributed by atoms with Crippen molar-refractivity contribution < 1.29 is 19.4 Å². The van der Waals surface area contributed by atoms with Gasteiger partial charge in [-0.1, -0.05) is 36.4 Å². The molecule has 3 rings (SSSR count). The van der Waals surface area contributed by atoms with E-state index in [-0.39, 0.29) is 17.7 Å². The second kappa shape index (κ2) is 10.1. The summed E-state index contributed by atoms with van der Waals surface area (Å²) in [6, 6.07) is 21.0. The lowest BCUT2D eigenvalue weighted by Crippen LogP contribution is -2.14. The van der Waals surface area contributed by atoms with Crippen molar-refractivity contribution in [3.63, 3.8) is 0 Å². The first-order valence-corrected chi connectivity index (χ1v) is 9.92. The summed E-state index contributed by atoms with van der Waals surface area (Å²) < 4.78 is 5.72. The van der Waals surface area contributed by atoms with E-state index in [4.69, 9.17) is 9.84 Å². The average Bonchev–Trinajstić information content (AvgIpc) is 2.80. The van der Waals surface area contributed by atoms with E-state index in [0.717, 1.165) is 16.7 Å². The third-order valence-corrected chi connectivity index (χ3v) is 5.02. The molecule has 0 unspecified atom stereocenters. The molecule has 32 heavy (non-hydrogen) atoms. The maximum Gasteiger partial charge on any atom is 0.335 e. The fraction of sp³-hybridized carbons (Fsp3) is 0.115. The van der Waals surface area contributed by atoms with E-state index < -0.39 is 11.9 Å². The first-order chi connectivity index (χ1) is 15.4.